The fourth-order valence-corrected chi connectivity index (χ4v) is 3.71. The van der Waals surface area contributed by atoms with E-state index < -0.39 is 0 Å². The molecule has 0 saturated carbocycles. The summed E-state index contributed by atoms with van der Waals surface area (Å²) in [7, 11) is 0. The number of nitrogens with zero attached hydrogens (tertiary/aromatic N) is 5. The van der Waals surface area contributed by atoms with E-state index >= 15 is 0 Å². The van der Waals surface area contributed by atoms with Crippen molar-refractivity contribution in [2.45, 2.75) is 52.2 Å². The van der Waals surface area contributed by atoms with Crippen molar-refractivity contribution < 1.29 is 9.15 Å². The molecule has 4 aromatic rings. The molecule has 0 saturated heterocycles. The van der Waals surface area contributed by atoms with Crippen LogP contribution in [0, 0.1) is 0 Å². The molecule has 0 atom stereocenters. The van der Waals surface area contributed by atoms with Crippen LogP contribution < -0.4 is 0 Å². The quantitative estimate of drug-likeness (QED) is 0.530. The number of rotatable bonds is 1. The largest absolute Gasteiger partial charge is 0.432 e. The number of pyridine rings is 1. The topological polar surface area (TPSA) is 78.3 Å². The lowest BCUT2D eigenvalue weighted by molar-refractivity contribution is -0.0402. The second kappa shape index (κ2) is 4.76. The van der Waals surface area contributed by atoms with Gasteiger partial charge in [-0.3, -0.25) is 0 Å². The summed E-state index contributed by atoms with van der Waals surface area (Å²) in [4.78, 5) is 13.7. The summed E-state index contributed by atoms with van der Waals surface area (Å²) in [6.45, 7) is 9.09. The molecule has 0 radical (unpaired) electrons. The molecule has 5 heterocycles. The van der Waals surface area contributed by atoms with Gasteiger partial charge in [0.1, 0.15) is 18.2 Å². The molecule has 0 unspecified atom stereocenters. The Balaban J connectivity index is 1.95. The van der Waals surface area contributed by atoms with Gasteiger partial charge in [0.05, 0.1) is 23.3 Å². The fraction of sp³-hybridized carbons (Fsp3) is 0.444. The zero-order valence-electron chi connectivity index (χ0n) is 14.7. The van der Waals surface area contributed by atoms with E-state index in [1.165, 1.54) is 17.5 Å². The van der Waals surface area contributed by atoms with Gasteiger partial charge in [-0.15, -0.1) is 0 Å². The molecule has 0 fully saturated rings. The van der Waals surface area contributed by atoms with Crippen LogP contribution in [0.2, 0.25) is 0 Å². The van der Waals surface area contributed by atoms with Crippen molar-refractivity contribution in [2.24, 2.45) is 0 Å². The van der Waals surface area contributed by atoms with E-state index in [1.54, 1.807) is 10.8 Å². The highest BCUT2D eigenvalue weighted by Gasteiger charge is 2.32. The van der Waals surface area contributed by atoms with Crippen molar-refractivity contribution in [2.75, 3.05) is 0 Å². The molecule has 1 aliphatic heterocycles. The molecule has 25 heavy (non-hydrogen) atoms. The maximum Gasteiger partial charge on any atom is 0.229 e. The molecule has 0 bridgehead atoms. The first-order chi connectivity index (χ1) is 11.9. The molecule has 0 spiro atoms. The van der Waals surface area contributed by atoms with E-state index in [2.05, 4.69) is 42.8 Å². The van der Waals surface area contributed by atoms with Crippen LogP contribution in [0.3, 0.4) is 0 Å². The van der Waals surface area contributed by atoms with Crippen molar-refractivity contribution in [1.82, 2.24) is 24.6 Å². The minimum absolute atomic E-state index is 0.224. The Morgan fingerprint density at radius 2 is 2.04 bits per heavy atom. The monoisotopic (exact) mass is 337 g/mol. The third kappa shape index (κ3) is 2.02. The first kappa shape index (κ1) is 14.8. The van der Waals surface area contributed by atoms with Gasteiger partial charge in [0.2, 0.25) is 16.9 Å². The summed E-state index contributed by atoms with van der Waals surface area (Å²) >= 11 is 0. The molecule has 0 aliphatic carbocycles. The Kier molecular flexibility index (Phi) is 2.81. The number of hydrogen-bond acceptors (Lipinski definition) is 6. The first-order valence-electron chi connectivity index (χ1n) is 8.51. The Hall–Kier alpha value is -2.54. The number of furan rings is 1. The molecular formula is C18H19N5O2. The van der Waals surface area contributed by atoms with Gasteiger partial charge >= 0.3 is 0 Å². The van der Waals surface area contributed by atoms with Crippen LogP contribution in [0.4, 0.5) is 0 Å². The van der Waals surface area contributed by atoms with Gasteiger partial charge in [0.15, 0.2) is 0 Å². The molecule has 7 heteroatoms. The second-order valence-electron chi connectivity index (χ2n) is 7.57. The molecule has 0 N–H and O–H groups in total. The molecule has 128 valence electrons. The minimum Gasteiger partial charge on any atom is -0.432 e. The van der Waals surface area contributed by atoms with Crippen molar-refractivity contribution in [3.8, 4) is 0 Å². The van der Waals surface area contributed by atoms with Crippen molar-refractivity contribution in [3.05, 3.63) is 29.5 Å². The second-order valence-corrected chi connectivity index (χ2v) is 7.57. The SMILES string of the molecule is CC(C)c1nc2oc3c(ncn4ncnc34)c2c2c1COC(C)(C)C2. The third-order valence-electron chi connectivity index (χ3n) is 4.89. The zero-order valence-corrected chi connectivity index (χ0v) is 14.7. The highest BCUT2D eigenvalue weighted by Crippen LogP contribution is 2.40. The lowest BCUT2D eigenvalue weighted by Gasteiger charge is -2.33. The van der Waals surface area contributed by atoms with Gasteiger partial charge in [0.25, 0.3) is 0 Å². The Morgan fingerprint density at radius 3 is 2.84 bits per heavy atom. The van der Waals surface area contributed by atoms with Crippen LogP contribution in [0.15, 0.2) is 17.1 Å². The predicted molar refractivity (Wildman–Crippen MR) is 92.5 cm³/mol. The van der Waals surface area contributed by atoms with Gasteiger partial charge in [-0.2, -0.15) is 9.61 Å². The molecule has 4 aromatic heterocycles. The third-order valence-corrected chi connectivity index (χ3v) is 4.89. The van der Waals surface area contributed by atoms with E-state index in [4.69, 9.17) is 14.1 Å². The standard InChI is InChI=1S/C18H19N5O2/c1-9(2)13-11-6-24-18(3,4)5-10(11)12-14-15(25-17(12)22-13)16-19-7-21-23(16)8-20-14/h7-9H,5-6H2,1-4H3. The summed E-state index contributed by atoms with van der Waals surface area (Å²) < 4.78 is 13.8. The van der Waals surface area contributed by atoms with Gasteiger partial charge in [0, 0.05) is 12.0 Å². The van der Waals surface area contributed by atoms with E-state index in [0.717, 1.165) is 23.0 Å². The van der Waals surface area contributed by atoms with Gasteiger partial charge < -0.3 is 9.15 Å². The first-order valence-corrected chi connectivity index (χ1v) is 8.51. The Labute approximate surface area is 144 Å². The van der Waals surface area contributed by atoms with Gasteiger partial charge in [-0.05, 0) is 25.3 Å². The van der Waals surface area contributed by atoms with E-state index in [-0.39, 0.29) is 11.5 Å². The minimum atomic E-state index is -0.224. The number of hydrogen-bond donors (Lipinski definition) is 0. The van der Waals surface area contributed by atoms with Crippen molar-refractivity contribution in [1.29, 1.82) is 0 Å². The van der Waals surface area contributed by atoms with Crippen molar-refractivity contribution >= 4 is 27.8 Å². The average molecular weight is 337 g/mol. The lowest BCUT2D eigenvalue weighted by atomic mass is 9.87. The predicted octanol–water partition coefficient (Wildman–Crippen LogP) is 3.39. The molecular weight excluding hydrogens is 318 g/mol. The average Bonchev–Trinajstić information content (AvgIpc) is 3.16. The van der Waals surface area contributed by atoms with E-state index in [1.807, 2.05) is 0 Å². The Morgan fingerprint density at radius 1 is 1.20 bits per heavy atom. The summed E-state index contributed by atoms with van der Waals surface area (Å²) in [5.74, 6) is 0.289. The lowest BCUT2D eigenvalue weighted by Crippen LogP contribution is -2.33. The van der Waals surface area contributed by atoms with Crippen LogP contribution >= 0.6 is 0 Å². The number of ether oxygens (including phenoxy) is 1. The van der Waals surface area contributed by atoms with Gasteiger partial charge in [-0.25, -0.2) is 15.0 Å². The van der Waals surface area contributed by atoms with Crippen LogP contribution in [0.1, 0.15) is 50.4 Å². The molecule has 1 aliphatic rings. The molecule has 7 nitrogen and oxygen atoms in total. The summed E-state index contributed by atoms with van der Waals surface area (Å²) in [5.41, 5.74) is 5.94. The molecule has 0 amide bonds. The normalized spacial score (nSPS) is 17.0. The molecule has 5 rings (SSSR count). The van der Waals surface area contributed by atoms with Crippen LogP contribution in [-0.2, 0) is 17.8 Å². The van der Waals surface area contributed by atoms with Crippen LogP contribution in [0.25, 0.3) is 27.8 Å². The fourth-order valence-electron chi connectivity index (χ4n) is 3.71. The van der Waals surface area contributed by atoms with E-state index in [9.17, 15) is 0 Å². The van der Waals surface area contributed by atoms with Crippen LogP contribution in [-0.4, -0.2) is 30.2 Å². The van der Waals surface area contributed by atoms with Gasteiger partial charge in [-0.1, -0.05) is 13.8 Å². The summed E-state index contributed by atoms with van der Waals surface area (Å²) in [6, 6.07) is 0. The summed E-state index contributed by atoms with van der Waals surface area (Å²) in [5, 5.41) is 5.12. The maximum atomic E-state index is 6.11. The number of aromatic nitrogens is 5. The highest BCUT2D eigenvalue weighted by molar-refractivity contribution is 6.07. The highest BCUT2D eigenvalue weighted by atomic mass is 16.5. The summed E-state index contributed by atoms with van der Waals surface area (Å²) in [6.07, 6.45) is 3.98. The maximum absolute atomic E-state index is 6.11. The van der Waals surface area contributed by atoms with E-state index in [0.29, 0.717) is 23.6 Å². The Bertz CT molecular complexity index is 1140. The smallest absolute Gasteiger partial charge is 0.229 e. The van der Waals surface area contributed by atoms with Crippen LogP contribution in [0.5, 0.6) is 0 Å². The number of fused-ring (bicyclic) bond motifs is 7. The molecule has 0 aromatic carbocycles. The zero-order chi connectivity index (χ0) is 17.3. The van der Waals surface area contributed by atoms with Crippen molar-refractivity contribution in [3.63, 3.8) is 0 Å².